The summed E-state index contributed by atoms with van der Waals surface area (Å²) in [6, 6.07) is 7.53. The van der Waals surface area contributed by atoms with Crippen molar-refractivity contribution in [3.8, 4) is 11.3 Å². The fraction of sp³-hybridized carbons (Fsp3) is 0.0667. The Bertz CT molecular complexity index is 753. The van der Waals surface area contributed by atoms with Gasteiger partial charge >= 0.3 is 0 Å². The molecule has 3 heterocycles. The summed E-state index contributed by atoms with van der Waals surface area (Å²) >= 11 is 4.89. The summed E-state index contributed by atoms with van der Waals surface area (Å²) in [6.45, 7) is 0.483. The van der Waals surface area contributed by atoms with Crippen LogP contribution in [0.2, 0.25) is 0 Å². The minimum Gasteiger partial charge on any atom is -0.464 e. The molecule has 0 fully saturated rings. The number of nitrogens with one attached hydrogen (secondary N) is 1. The molecule has 1 amide bonds. The molecule has 3 aromatic rings. The van der Waals surface area contributed by atoms with Crippen molar-refractivity contribution >= 4 is 33.2 Å². The Morgan fingerprint density at radius 1 is 1.38 bits per heavy atom. The van der Waals surface area contributed by atoms with Gasteiger partial charge in [0.1, 0.15) is 5.76 Å². The maximum absolute atomic E-state index is 12.0. The first-order valence-corrected chi connectivity index (χ1v) is 7.89. The van der Waals surface area contributed by atoms with E-state index < -0.39 is 0 Å². The van der Waals surface area contributed by atoms with E-state index in [0.29, 0.717) is 12.1 Å². The largest absolute Gasteiger partial charge is 0.464 e. The molecule has 0 aromatic carbocycles. The Kier molecular flexibility index (Phi) is 4.17. The molecular formula is C15H11BrN2O2S. The van der Waals surface area contributed by atoms with Gasteiger partial charge in [0.25, 0.3) is 5.91 Å². The van der Waals surface area contributed by atoms with Crippen molar-refractivity contribution < 1.29 is 9.21 Å². The number of nitrogens with zero attached hydrogens (tertiary/aromatic N) is 1. The molecule has 4 nitrogen and oxygen atoms in total. The number of rotatable bonds is 4. The lowest BCUT2D eigenvalue weighted by Gasteiger charge is -2.03. The lowest BCUT2D eigenvalue weighted by atomic mass is 10.2. The van der Waals surface area contributed by atoms with Crippen LogP contribution in [0.1, 0.15) is 15.2 Å². The van der Waals surface area contributed by atoms with Gasteiger partial charge < -0.3 is 9.73 Å². The Morgan fingerprint density at radius 2 is 2.29 bits per heavy atom. The highest BCUT2D eigenvalue weighted by Gasteiger charge is 2.08. The fourth-order valence-corrected chi connectivity index (χ4v) is 3.03. The second kappa shape index (κ2) is 6.24. The van der Waals surface area contributed by atoms with Crippen LogP contribution in [0, 0.1) is 0 Å². The number of hydrogen-bond acceptors (Lipinski definition) is 4. The van der Waals surface area contributed by atoms with Gasteiger partial charge in [-0.25, -0.2) is 0 Å². The molecule has 3 rings (SSSR count). The van der Waals surface area contributed by atoms with Crippen molar-refractivity contribution in [2.45, 2.75) is 6.54 Å². The van der Waals surface area contributed by atoms with Crippen LogP contribution in [0.5, 0.6) is 0 Å². The first-order valence-electron chi connectivity index (χ1n) is 6.22. The van der Waals surface area contributed by atoms with Crippen molar-refractivity contribution in [1.82, 2.24) is 10.3 Å². The molecule has 0 aliphatic rings. The number of aromatic nitrogens is 1. The van der Waals surface area contributed by atoms with Gasteiger partial charge in [0, 0.05) is 32.7 Å². The molecule has 0 bridgehead atoms. The summed E-state index contributed by atoms with van der Waals surface area (Å²) in [7, 11) is 0. The summed E-state index contributed by atoms with van der Waals surface area (Å²) in [5.41, 5.74) is 1.56. The molecule has 0 radical (unpaired) electrons. The van der Waals surface area contributed by atoms with E-state index in [-0.39, 0.29) is 5.91 Å². The highest BCUT2D eigenvalue weighted by atomic mass is 79.9. The first-order chi connectivity index (χ1) is 10.2. The number of hydrogen-bond donors (Lipinski definition) is 1. The van der Waals surface area contributed by atoms with Crippen LogP contribution in [0.4, 0.5) is 0 Å². The normalized spacial score (nSPS) is 10.5. The molecule has 1 N–H and O–H groups in total. The summed E-state index contributed by atoms with van der Waals surface area (Å²) in [5.74, 6) is 0.691. The summed E-state index contributed by atoms with van der Waals surface area (Å²) in [4.78, 5) is 17.1. The van der Waals surface area contributed by atoms with E-state index in [4.69, 9.17) is 4.42 Å². The number of carbonyl (C=O) groups excluding carboxylic acids is 1. The van der Waals surface area contributed by atoms with E-state index in [1.54, 1.807) is 36.1 Å². The maximum Gasteiger partial charge on any atom is 0.253 e. The van der Waals surface area contributed by atoms with E-state index in [2.05, 4.69) is 26.2 Å². The van der Waals surface area contributed by atoms with Gasteiger partial charge in [-0.2, -0.15) is 0 Å². The molecule has 0 atom stereocenters. The number of pyridine rings is 1. The summed E-state index contributed by atoms with van der Waals surface area (Å²) < 4.78 is 6.13. The molecule has 6 heteroatoms. The zero-order chi connectivity index (χ0) is 14.7. The molecule has 0 unspecified atom stereocenters. The van der Waals surface area contributed by atoms with Gasteiger partial charge in [-0.15, -0.1) is 11.3 Å². The topological polar surface area (TPSA) is 55.1 Å². The average Bonchev–Trinajstić information content (AvgIpc) is 3.15. The molecule has 21 heavy (non-hydrogen) atoms. The predicted molar refractivity (Wildman–Crippen MR) is 85.1 cm³/mol. The second-order valence-electron chi connectivity index (χ2n) is 4.35. The number of furan rings is 1. The first kappa shape index (κ1) is 14.0. The van der Waals surface area contributed by atoms with E-state index in [1.807, 2.05) is 23.6 Å². The maximum atomic E-state index is 12.0. The number of thiophene rings is 1. The van der Waals surface area contributed by atoms with Gasteiger partial charge in [0.2, 0.25) is 0 Å². The van der Waals surface area contributed by atoms with E-state index in [9.17, 15) is 4.79 Å². The van der Waals surface area contributed by atoms with Crippen molar-refractivity contribution in [2.24, 2.45) is 0 Å². The average molecular weight is 363 g/mol. The Morgan fingerprint density at radius 3 is 3.05 bits per heavy atom. The highest BCUT2D eigenvalue weighted by Crippen LogP contribution is 2.25. The smallest absolute Gasteiger partial charge is 0.253 e. The van der Waals surface area contributed by atoms with Crippen molar-refractivity contribution in [2.75, 3.05) is 0 Å². The third-order valence-corrected chi connectivity index (χ3v) is 4.22. The molecule has 0 saturated heterocycles. The van der Waals surface area contributed by atoms with Gasteiger partial charge in [-0.1, -0.05) is 0 Å². The molecular weight excluding hydrogens is 352 g/mol. The minimum absolute atomic E-state index is 0.142. The SMILES string of the molecule is O=C(NCc1cc(-c2ccco2)cs1)c1cncc(Br)c1. The zero-order valence-electron chi connectivity index (χ0n) is 10.9. The highest BCUT2D eigenvalue weighted by molar-refractivity contribution is 9.10. The van der Waals surface area contributed by atoms with Gasteiger partial charge in [0.15, 0.2) is 0 Å². The minimum atomic E-state index is -0.142. The molecule has 0 aliphatic heterocycles. The second-order valence-corrected chi connectivity index (χ2v) is 6.26. The van der Waals surface area contributed by atoms with Crippen LogP contribution < -0.4 is 5.32 Å². The van der Waals surface area contributed by atoms with Gasteiger partial charge in [-0.3, -0.25) is 9.78 Å². The van der Waals surface area contributed by atoms with E-state index in [1.165, 1.54) is 0 Å². The Labute approximate surface area is 134 Å². The molecule has 0 aliphatic carbocycles. The summed E-state index contributed by atoms with van der Waals surface area (Å²) in [5, 5.41) is 4.90. The van der Waals surface area contributed by atoms with Crippen molar-refractivity contribution in [3.63, 3.8) is 0 Å². The van der Waals surface area contributed by atoms with E-state index >= 15 is 0 Å². The number of amides is 1. The predicted octanol–water partition coefficient (Wildman–Crippen LogP) is 4.10. The van der Waals surface area contributed by atoms with Crippen LogP contribution in [0.25, 0.3) is 11.3 Å². The van der Waals surface area contributed by atoms with Gasteiger partial charge in [-0.05, 0) is 40.2 Å². The van der Waals surface area contributed by atoms with Crippen LogP contribution >= 0.6 is 27.3 Å². The zero-order valence-corrected chi connectivity index (χ0v) is 13.3. The Balaban J connectivity index is 1.64. The van der Waals surface area contributed by atoms with Crippen molar-refractivity contribution in [1.29, 1.82) is 0 Å². The molecule has 3 aromatic heterocycles. The van der Waals surface area contributed by atoms with E-state index in [0.717, 1.165) is 20.7 Å². The monoisotopic (exact) mass is 362 g/mol. The molecule has 106 valence electrons. The Hall–Kier alpha value is -1.92. The summed E-state index contributed by atoms with van der Waals surface area (Å²) in [6.07, 6.45) is 4.84. The third-order valence-electron chi connectivity index (χ3n) is 2.85. The van der Waals surface area contributed by atoms with Crippen molar-refractivity contribution in [3.05, 3.63) is 63.2 Å². The third kappa shape index (κ3) is 3.40. The fourth-order valence-electron chi connectivity index (χ4n) is 1.85. The van der Waals surface area contributed by atoms with Crippen LogP contribution in [-0.2, 0) is 6.54 Å². The lowest BCUT2D eigenvalue weighted by Crippen LogP contribution is -2.22. The molecule has 0 spiro atoms. The number of halogens is 1. The van der Waals surface area contributed by atoms with Gasteiger partial charge in [0.05, 0.1) is 18.4 Å². The lowest BCUT2D eigenvalue weighted by molar-refractivity contribution is 0.0951. The quantitative estimate of drug-likeness (QED) is 0.760. The van der Waals surface area contributed by atoms with Crippen LogP contribution in [-0.4, -0.2) is 10.9 Å². The molecule has 0 saturated carbocycles. The van der Waals surface area contributed by atoms with Crippen LogP contribution in [0.3, 0.4) is 0 Å². The number of carbonyl (C=O) groups is 1. The van der Waals surface area contributed by atoms with Crippen LogP contribution in [0.15, 0.2) is 57.2 Å². The standard InChI is InChI=1S/C15H11BrN2O2S/c16-12-4-10(6-17-7-12)15(19)18-8-13-5-11(9-21-13)14-2-1-3-20-14/h1-7,9H,8H2,(H,18,19).